The van der Waals surface area contributed by atoms with Crippen LogP contribution in [0.5, 0.6) is 0 Å². The molecule has 0 fully saturated rings. The Morgan fingerprint density at radius 3 is 1.44 bits per heavy atom. The minimum Gasteiger partial charge on any atom is -0.0654 e. The molecular weight excluding hydrogens is 192 g/mol. The lowest BCUT2D eigenvalue weighted by Gasteiger charge is -2.16. The summed E-state index contributed by atoms with van der Waals surface area (Å²) in [7, 11) is 0. The van der Waals surface area contributed by atoms with Gasteiger partial charge in [0.05, 0.1) is 0 Å². The molecule has 0 nitrogen and oxygen atoms in total. The molecule has 2 radical (unpaired) electrons. The molecule has 0 aromatic heterocycles. The van der Waals surface area contributed by atoms with E-state index < -0.39 is 0 Å². The third kappa shape index (κ3) is 14.0. The molecule has 0 aromatic carbocycles. The Hall–Kier alpha value is 0. The molecule has 0 aromatic rings. The minimum atomic E-state index is 0.0418. The Morgan fingerprint density at radius 1 is 0.688 bits per heavy atom. The normalized spacial score (nSPS) is 12.0. The van der Waals surface area contributed by atoms with Gasteiger partial charge in [-0.05, 0) is 25.7 Å². The van der Waals surface area contributed by atoms with E-state index in [0.29, 0.717) is 0 Å². The van der Waals surface area contributed by atoms with E-state index in [1.807, 2.05) is 0 Å². The van der Waals surface area contributed by atoms with Crippen LogP contribution in [0.2, 0.25) is 0 Å². The van der Waals surface area contributed by atoms with Crippen molar-refractivity contribution in [2.75, 3.05) is 0 Å². The third-order valence-electron chi connectivity index (χ3n) is 3.13. The molecule has 16 heavy (non-hydrogen) atoms. The summed E-state index contributed by atoms with van der Waals surface area (Å²) in [4.78, 5) is 0. The van der Waals surface area contributed by atoms with Crippen molar-refractivity contribution in [1.82, 2.24) is 0 Å². The van der Waals surface area contributed by atoms with E-state index >= 15 is 0 Å². The van der Waals surface area contributed by atoms with Crippen molar-refractivity contribution >= 4 is 0 Å². The molecule has 0 saturated carbocycles. The van der Waals surface area contributed by atoms with E-state index in [4.69, 9.17) is 0 Å². The topological polar surface area (TPSA) is 0 Å². The first-order valence-corrected chi connectivity index (χ1v) is 7.27. The van der Waals surface area contributed by atoms with E-state index in [2.05, 4.69) is 27.7 Å². The predicted molar refractivity (Wildman–Crippen MR) is 75.3 cm³/mol. The zero-order chi connectivity index (χ0) is 12.3. The quantitative estimate of drug-likeness (QED) is 0.379. The lowest BCUT2D eigenvalue weighted by molar-refractivity contribution is 0.447. The molecule has 0 saturated heterocycles. The van der Waals surface area contributed by atoms with Gasteiger partial charge in [-0.3, -0.25) is 0 Å². The van der Waals surface area contributed by atoms with Crippen LogP contribution in [-0.2, 0) is 0 Å². The summed E-state index contributed by atoms with van der Waals surface area (Å²) in [5.41, 5.74) is 0.0418. The fourth-order valence-electron chi connectivity index (χ4n) is 2.04. The number of unbranched alkanes of at least 4 members (excludes halogenated alkanes) is 9. The van der Waals surface area contributed by atoms with Crippen LogP contribution in [0.4, 0.5) is 0 Å². The Balaban J connectivity index is 2.99. The van der Waals surface area contributed by atoms with E-state index in [-0.39, 0.29) is 5.41 Å². The first-order valence-electron chi connectivity index (χ1n) is 7.27. The molecular formula is C16H32. The van der Waals surface area contributed by atoms with Crippen molar-refractivity contribution < 1.29 is 0 Å². The van der Waals surface area contributed by atoms with E-state index in [1.54, 1.807) is 0 Å². The van der Waals surface area contributed by atoms with Gasteiger partial charge in [0.2, 0.25) is 0 Å². The lowest BCUT2D eigenvalue weighted by Crippen LogP contribution is -2.04. The first kappa shape index (κ1) is 16.0. The van der Waals surface area contributed by atoms with Gasteiger partial charge in [0.1, 0.15) is 0 Å². The van der Waals surface area contributed by atoms with Crippen molar-refractivity contribution in [3.05, 3.63) is 13.8 Å². The average Bonchev–Trinajstić information content (AvgIpc) is 2.19. The molecule has 0 amide bonds. The van der Waals surface area contributed by atoms with E-state index in [9.17, 15) is 0 Å². The third-order valence-corrected chi connectivity index (χ3v) is 3.13. The molecule has 0 bridgehead atoms. The highest BCUT2D eigenvalue weighted by Gasteiger charge is 2.08. The van der Waals surface area contributed by atoms with Crippen LogP contribution in [0.25, 0.3) is 0 Å². The van der Waals surface area contributed by atoms with E-state index in [1.165, 1.54) is 70.6 Å². The van der Waals surface area contributed by atoms with Gasteiger partial charge in [0.25, 0.3) is 0 Å². The van der Waals surface area contributed by atoms with Gasteiger partial charge in [-0.15, -0.1) is 0 Å². The fourth-order valence-corrected chi connectivity index (χ4v) is 2.04. The van der Waals surface area contributed by atoms with Crippen LogP contribution in [0.15, 0.2) is 0 Å². The molecule has 0 rings (SSSR count). The highest BCUT2D eigenvalue weighted by Crippen LogP contribution is 2.21. The summed E-state index contributed by atoms with van der Waals surface area (Å²) >= 11 is 0. The molecule has 0 aliphatic heterocycles. The lowest BCUT2D eigenvalue weighted by atomic mass is 9.89. The van der Waals surface area contributed by atoms with Crippen LogP contribution < -0.4 is 0 Å². The molecule has 0 aliphatic carbocycles. The SMILES string of the molecule is [CH2]C([CH2])(C)CCCCCCCCCCCC. The maximum absolute atomic E-state index is 4.04. The van der Waals surface area contributed by atoms with Crippen molar-refractivity contribution in [2.24, 2.45) is 5.41 Å². The standard InChI is InChI=1S/C16H32/c1-5-6-7-8-9-10-11-12-13-14-15-16(2,3)4/h2-3,5-15H2,1,4H3. The van der Waals surface area contributed by atoms with Gasteiger partial charge < -0.3 is 0 Å². The van der Waals surface area contributed by atoms with Crippen LogP contribution in [0.1, 0.15) is 84.5 Å². The predicted octanol–water partition coefficient (Wildman–Crippen LogP) is 5.97. The van der Waals surface area contributed by atoms with Crippen molar-refractivity contribution in [3.63, 3.8) is 0 Å². The number of hydrogen-bond acceptors (Lipinski definition) is 0. The summed E-state index contributed by atoms with van der Waals surface area (Å²) in [5.74, 6) is 0. The molecule has 0 N–H and O–H groups in total. The van der Waals surface area contributed by atoms with Crippen LogP contribution >= 0.6 is 0 Å². The van der Waals surface area contributed by atoms with Gasteiger partial charge in [-0.25, -0.2) is 0 Å². The van der Waals surface area contributed by atoms with Gasteiger partial charge in [-0.1, -0.05) is 78.1 Å². The van der Waals surface area contributed by atoms with Crippen LogP contribution in [0, 0.1) is 19.3 Å². The monoisotopic (exact) mass is 224 g/mol. The molecule has 96 valence electrons. The Kier molecular flexibility index (Phi) is 10.2. The molecule has 0 atom stereocenters. The van der Waals surface area contributed by atoms with Crippen LogP contribution in [-0.4, -0.2) is 0 Å². The summed E-state index contributed by atoms with van der Waals surface area (Å²) in [6, 6.07) is 0. The van der Waals surface area contributed by atoms with E-state index in [0.717, 1.165) is 0 Å². The van der Waals surface area contributed by atoms with Gasteiger partial charge in [-0.2, -0.15) is 0 Å². The highest BCUT2D eigenvalue weighted by atomic mass is 14.1. The average molecular weight is 224 g/mol. The second kappa shape index (κ2) is 10.2. The van der Waals surface area contributed by atoms with Gasteiger partial charge in [0, 0.05) is 0 Å². The summed E-state index contributed by atoms with van der Waals surface area (Å²) in [6.45, 7) is 12.5. The first-order chi connectivity index (χ1) is 7.56. The molecule has 0 spiro atoms. The molecule has 0 aliphatic rings. The summed E-state index contributed by atoms with van der Waals surface area (Å²) in [5, 5.41) is 0. The minimum absolute atomic E-state index is 0.0418. The Morgan fingerprint density at radius 2 is 1.06 bits per heavy atom. The maximum Gasteiger partial charge on any atom is -0.0325 e. The zero-order valence-electron chi connectivity index (χ0n) is 11.7. The van der Waals surface area contributed by atoms with Gasteiger partial charge >= 0.3 is 0 Å². The second-order valence-corrected chi connectivity index (χ2v) is 5.74. The van der Waals surface area contributed by atoms with Crippen molar-refractivity contribution in [3.8, 4) is 0 Å². The maximum atomic E-state index is 4.04. The Bertz CT molecular complexity index is 129. The molecule has 0 heterocycles. The van der Waals surface area contributed by atoms with Crippen LogP contribution in [0.3, 0.4) is 0 Å². The summed E-state index contributed by atoms with van der Waals surface area (Å²) < 4.78 is 0. The zero-order valence-corrected chi connectivity index (χ0v) is 11.7. The Labute approximate surface area is 104 Å². The molecule has 0 heteroatoms. The summed E-state index contributed by atoms with van der Waals surface area (Å²) in [6.07, 6.45) is 15.2. The molecule has 0 unspecified atom stereocenters. The fraction of sp³-hybridized carbons (Fsp3) is 0.875. The highest BCUT2D eigenvalue weighted by molar-refractivity contribution is 4.78. The van der Waals surface area contributed by atoms with Gasteiger partial charge in [0.15, 0.2) is 0 Å². The smallest absolute Gasteiger partial charge is 0.0325 e. The largest absolute Gasteiger partial charge is 0.0654 e. The van der Waals surface area contributed by atoms with Crippen molar-refractivity contribution in [1.29, 1.82) is 0 Å². The van der Waals surface area contributed by atoms with Crippen molar-refractivity contribution in [2.45, 2.75) is 84.5 Å². The number of hydrogen-bond donors (Lipinski definition) is 0. The second-order valence-electron chi connectivity index (χ2n) is 5.74. The number of rotatable bonds is 11.